The lowest BCUT2D eigenvalue weighted by molar-refractivity contribution is -0.116. The molecule has 0 atom stereocenters. The minimum Gasteiger partial charge on any atom is -0.326 e. The van der Waals surface area contributed by atoms with Gasteiger partial charge in [0.05, 0.1) is 4.90 Å². The zero-order valence-corrected chi connectivity index (χ0v) is 13.0. The summed E-state index contributed by atoms with van der Waals surface area (Å²) in [6.45, 7) is 0. The van der Waals surface area contributed by atoms with Gasteiger partial charge in [0.15, 0.2) is 0 Å². The summed E-state index contributed by atoms with van der Waals surface area (Å²) in [6.07, 6.45) is 0.785. The van der Waals surface area contributed by atoms with Crippen molar-refractivity contribution in [3.05, 3.63) is 46.7 Å². The van der Waals surface area contributed by atoms with Gasteiger partial charge in [-0.2, -0.15) is 20.1 Å². The molecule has 8 heteroatoms. The number of carbonyl (C=O) groups is 1. The van der Waals surface area contributed by atoms with Crippen molar-refractivity contribution < 1.29 is 22.0 Å². The average molecular weight is 345 g/mol. The van der Waals surface area contributed by atoms with Crippen molar-refractivity contribution in [1.82, 2.24) is 0 Å². The molecule has 0 saturated carbocycles. The first-order valence-electron chi connectivity index (χ1n) is 6.32. The van der Waals surface area contributed by atoms with Crippen LogP contribution in [0.2, 0.25) is 0 Å². The maximum absolute atomic E-state index is 12.5. The number of amides is 1. The summed E-state index contributed by atoms with van der Waals surface area (Å²) in [5, 5.41) is 6.35. The molecule has 1 aromatic carbocycles. The average Bonchev–Trinajstić information content (AvgIpc) is 2.98. The number of thiophene rings is 1. The van der Waals surface area contributed by atoms with Gasteiger partial charge in [-0.3, -0.25) is 4.79 Å². The third kappa shape index (κ3) is 4.11. The first kappa shape index (κ1) is 16.6. The number of nitrogens with one attached hydrogen (secondary N) is 1. The molecule has 2 rings (SSSR count). The van der Waals surface area contributed by atoms with Crippen LogP contribution in [0.25, 0.3) is 0 Å². The lowest BCUT2D eigenvalue weighted by Crippen LogP contribution is -2.14. The molecule has 1 heterocycles. The molecular weight excluding hydrogens is 332 g/mol. The molecule has 22 heavy (non-hydrogen) atoms. The smallest absolute Gasteiger partial charge is 0.326 e. The van der Waals surface area contributed by atoms with Gasteiger partial charge in [-0.05, 0) is 47.0 Å². The second-order valence-electron chi connectivity index (χ2n) is 4.51. The normalized spacial score (nSPS) is 11.6. The summed E-state index contributed by atoms with van der Waals surface area (Å²) in [6, 6.07) is 6.77. The minimum atomic E-state index is -4.67. The number of alkyl halides is 2. The predicted octanol–water partition coefficient (Wildman–Crippen LogP) is 3.32. The van der Waals surface area contributed by atoms with Gasteiger partial charge in [0, 0.05) is 12.1 Å². The molecule has 0 bridgehead atoms. The SMILES string of the molecule is O=C(CCc1ccsc1)Nc1cccc(S(=O)(=O)C(F)F)c1. The maximum atomic E-state index is 12.5. The Bertz CT molecular complexity index is 743. The molecule has 0 aliphatic rings. The van der Waals surface area contributed by atoms with Gasteiger partial charge in [-0.15, -0.1) is 0 Å². The zero-order chi connectivity index (χ0) is 16.2. The van der Waals surface area contributed by atoms with Gasteiger partial charge in [0.1, 0.15) is 0 Å². The van der Waals surface area contributed by atoms with Crippen molar-refractivity contribution in [2.75, 3.05) is 5.32 Å². The van der Waals surface area contributed by atoms with Crippen molar-refractivity contribution in [2.45, 2.75) is 23.5 Å². The number of hydrogen-bond donors (Lipinski definition) is 1. The molecule has 0 unspecified atom stereocenters. The number of halogens is 2. The van der Waals surface area contributed by atoms with Crippen LogP contribution in [0.5, 0.6) is 0 Å². The highest BCUT2D eigenvalue weighted by atomic mass is 32.2. The van der Waals surface area contributed by atoms with E-state index in [1.807, 2.05) is 16.8 Å². The Morgan fingerprint density at radius 1 is 1.27 bits per heavy atom. The molecule has 0 radical (unpaired) electrons. The van der Waals surface area contributed by atoms with E-state index in [0.717, 1.165) is 17.7 Å². The molecule has 118 valence electrons. The van der Waals surface area contributed by atoms with E-state index in [0.29, 0.717) is 6.42 Å². The van der Waals surface area contributed by atoms with E-state index < -0.39 is 20.5 Å². The van der Waals surface area contributed by atoms with E-state index in [2.05, 4.69) is 5.32 Å². The Balaban J connectivity index is 2.02. The molecular formula is C14H13F2NO3S2. The number of rotatable bonds is 6. The number of aryl methyl sites for hydroxylation is 1. The minimum absolute atomic E-state index is 0.178. The lowest BCUT2D eigenvalue weighted by atomic mass is 10.2. The van der Waals surface area contributed by atoms with Gasteiger partial charge in [0.25, 0.3) is 0 Å². The van der Waals surface area contributed by atoms with Crippen LogP contribution in [0, 0.1) is 0 Å². The molecule has 1 aromatic heterocycles. The molecule has 4 nitrogen and oxygen atoms in total. The van der Waals surface area contributed by atoms with Crippen molar-refractivity contribution in [3.63, 3.8) is 0 Å². The second kappa shape index (κ2) is 6.97. The van der Waals surface area contributed by atoms with Crippen LogP contribution in [0.1, 0.15) is 12.0 Å². The highest BCUT2D eigenvalue weighted by Gasteiger charge is 2.26. The van der Waals surface area contributed by atoms with Crippen LogP contribution in [-0.4, -0.2) is 20.1 Å². The van der Waals surface area contributed by atoms with Gasteiger partial charge >= 0.3 is 5.76 Å². The zero-order valence-electron chi connectivity index (χ0n) is 11.3. The summed E-state index contributed by atoms with van der Waals surface area (Å²) >= 11 is 1.53. The van der Waals surface area contributed by atoms with Gasteiger partial charge in [0.2, 0.25) is 15.7 Å². The Morgan fingerprint density at radius 2 is 2.05 bits per heavy atom. The summed E-state index contributed by atoms with van der Waals surface area (Å²) in [4.78, 5) is 11.3. The monoisotopic (exact) mass is 345 g/mol. The molecule has 0 spiro atoms. The van der Waals surface area contributed by atoms with Crippen LogP contribution < -0.4 is 5.32 Å². The van der Waals surface area contributed by atoms with Crippen molar-refractivity contribution in [2.24, 2.45) is 0 Å². The summed E-state index contributed by atoms with van der Waals surface area (Å²) in [5.74, 6) is -3.80. The first-order chi connectivity index (χ1) is 10.4. The quantitative estimate of drug-likeness (QED) is 0.873. The Morgan fingerprint density at radius 3 is 2.68 bits per heavy atom. The molecule has 0 aliphatic heterocycles. The number of hydrogen-bond acceptors (Lipinski definition) is 4. The standard InChI is InChI=1S/C14H13F2NO3S2/c15-14(16)22(19,20)12-3-1-2-11(8-12)17-13(18)5-4-10-6-7-21-9-10/h1-3,6-9,14H,4-5H2,(H,17,18). The van der Waals surface area contributed by atoms with Crippen LogP contribution in [0.3, 0.4) is 0 Å². The fourth-order valence-electron chi connectivity index (χ4n) is 1.77. The van der Waals surface area contributed by atoms with Crippen LogP contribution in [0.15, 0.2) is 46.0 Å². The fourth-order valence-corrected chi connectivity index (χ4v) is 3.24. The third-order valence-electron chi connectivity index (χ3n) is 2.90. The molecule has 1 amide bonds. The highest BCUT2D eigenvalue weighted by Crippen LogP contribution is 2.21. The number of sulfone groups is 1. The number of anilines is 1. The molecule has 0 aliphatic carbocycles. The summed E-state index contributed by atoms with van der Waals surface area (Å²) in [5.41, 5.74) is 1.21. The Kier molecular flexibility index (Phi) is 5.25. The van der Waals surface area contributed by atoms with Gasteiger partial charge < -0.3 is 5.32 Å². The summed E-state index contributed by atoms with van der Waals surface area (Å²) in [7, 11) is -4.67. The van der Waals surface area contributed by atoms with Crippen LogP contribution in [0.4, 0.5) is 14.5 Å². The van der Waals surface area contributed by atoms with Crippen molar-refractivity contribution in [3.8, 4) is 0 Å². The van der Waals surface area contributed by atoms with E-state index in [4.69, 9.17) is 0 Å². The predicted molar refractivity (Wildman–Crippen MR) is 80.9 cm³/mol. The largest absolute Gasteiger partial charge is 0.341 e. The fraction of sp³-hybridized carbons (Fsp3) is 0.214. The van der Waals surface area contributed by atoms with Crippen LogP contribution in [-0.2, 0) is 21.1 Å². The Hall–Kier alpha value is -1.80. The van der Waals surface area contributed by atoms with E-state index in [9.17, 15) is 22.0 Å². The molecule has 0 saturated heterocycles. The molecule has 0 fully saturated rings. The number of benzene rings is 1. The summed E-state index contributed by atoms with van der Waals surface area (Å²) < 4.78 is 47.8. The van der Waals surface area contributed by atoms with Crippen molar-refractivity contribution >= 4 is 32.8 Å². The third-order valence-corrected chi connectivity index (χ3v) is 5.01. The van der Waals surface area contributed by atoms with E-state index in [-0.39, 0.29) is 18.0 Å². The highest BCUT2D eigenvalue weighted by molar-refractivity contribution is 7.91. The topological polar surface area (TPSA) is 63.2 Å². The first-order valence-corrected chi connectivity index (χ1v) is 8.81. The maximum Gasteiger partial charge on any atom is 0.341 e. The van der Waals surface area contributed by atoms with E-state index in [1.54, 1.807) is 0 Å². The molecule has 1 N–H and O–H groups in total. The van der Waals surface area contributed by atoms with Gasteiger partial charge in [-0.1, -0.05) is 6.07 Å². The van der Waals surface area contributed by atoms with Gasteiger partial charge in [-0.25, -0.2) is 8.42 Å². The van der Waals surface area contributed by atoms with Crippen LogP contribution >= 0.6 is 11.3 Å². The van der Waals surface area contributed by atoms with Crippen molar-refractivity contribution in [1.29, 1.82) is 0 Å². The number of carbonyl (C=O) groups excluding carboxylic acids is 1. The van der Waals surface area contributed by atoms with E-state index >= 15 is 0 Å². The van der Waals surface area contributed by atoms with E-state index in [1.165, 1.54) is 23.5 Å². The second-order valence-corrected chi connectivity index (χ2v) is 7.21. The Labute approximate surface area is 130 Å². The molecule has 2 aromatic rings. The lowest BCUT2D eigenvalue weighted by Gasteiger charge is -2.08.